The second-order valence-electron chi connectivity index (χ2n) is 4.32. The minimum Gasteiger partial charge on any atom is -0.312 e. The Balaban J connectivity index is 1.71. The van der Waals surface area contributed by atoms with E-state index in [1.165, 1.54) is 40.9 Å². The van der Waals surface area contributed by atoms with Crippen LogP contribution in [0.15, 0.2) is 28.7 Å². The first kappa shape index (κ1) is 12.5. The molecule has 1 fully saturated rings. The Kier molecular flexibility index (Phi) is 5.20. The molecular formula is C13H18BrNS. The fraction of sp³-hybridized carbons (Fsp3) is 0.538. The van der Waals surface area contributed by atoms with Crippen molar-refractivity contribution in [3.05, 3.63) is 34.3 Å². The first-order valence-corrected chi connectivity index (χ1v) is 7.82. The van der Waals surface area contributed by atoms with Gasteiger partial charge in [0.25, 0.3) is 0 Å². The van der Waals surface area contributed by atoms with Crippen molar-refractivity contribution in [3.63, 3.8) is 0 Å². The van der Waals surface area contributed by atoms with E-state index in [1.54, 1.807) is 0 Å². The summed E-state index contributed by atoms with van der Waals surface area (Å²) in [6.07, 6.45) is 2.77. The van der Waals surface area contributed by atoms with E-state index >= 15 is 0 Å². The van der Waals surface area contributed by atoms with Gasteiger partial charge >= 0.3 is 0 Å². The van der Waals surface area contributed by atoms with Crippen LogP contribution in [-0.4, -0.2) is 18.1 Å². The average Bonchev–Trinajstić information content (AvgIpc) is 2.30. The fourth-order valence-electron chi connectivity index (χ4n) is 2.02. The van der Waals surface area contributed by atoms with Gasteiger partial charge in [-0.3, -0.25) is 0 Å². The predicted octanol–water partition coefficient (Wildman–Crippen LogP) is 3.68. The van der Waals surface area contributed by atoms with E-state index in [9.17, 15) is 0 Å². The van der Waals surface area contributed by atoms with Crippen LogP contribution >= 0.6 is 27.7 Å². The molecule has 2 rings (SSSR count). The average molecular weight is 300 g/mol. The Hall–Kier alpha value is 0.01000. The summed E-state index contributed by atoms with van der Waals surface area (Å²) < 4.78 is 1.17. The van der Waals surface area contributed by atoms with Crippen molar-refractivity contribution in [3.8, 4) is 0 Å². The number of benzene rings is 1. The second-order valence-corrected chi connectivity index (χ2v) is 6.46. The maximum absolute atomic E-state index is 3.57. The van der Waals surface area contributed by atoms with Gasteiger partial charge in [-0.15, -0.1) is 0 Å². The Bertz CT molecular complexity index is 323. The van der Waals surface area contributed by atoms with Gasteiger partial charge in [-0.1, -0.05) is 28.1 Å². The lowest BCUT2D eigenvalue weighted by Crippen LogP contribution is -2.25. The first-order chi connectivity index (χ1) is 7.84. The van der Waals surface area contributed by atoms with Crippen LogP contribution in [0.3, 0.4) is 0 Å². The molecule has 1 aromatic carbocycles. The van der Waals surface area contributed by atoms with Gasteiger partial charge in [0.05, 0.1) is 0 Å². The number of halogens is 1. The zero-order chi connectivity index (χ0) is 11.2. The molecule has 1 saturated heterocycles. The van der Waals surface area contributed by atoms with E-state index < -0.39 is 0 Å². The van der Waals surface area contributed by atoms with Gasteiger partial charge in [0.15, 0.2) is 0 Å². The molecule has 1 nitrogen and oxygen atoms in total. The Labute approximate surface area is 111 Å². The third-order valence-corrected chi connectivity index (χ3v) is 4.53. The second kappa shape index (κ2) is 6.67. The molecule has 1 aliphatic heterocycles. The molecule has 3 heteroatoms. The number of hydrogen-bond donors (Lipinski definition) is 1. The van der Waals surface area contributed by atoms with E-state index in [4.69, 9.17) is 0 Å². The first-order valence-electron chi connectivity index (χ1n) is 5.87. The number of nitrogens with one attached hydrogen (secondary N) is 1. The Morgan fingerprint density at radius 3 is 2.88 bits per heavy atom. The van der Waals surface area contributed by atoms with E-state index in [-0.39, 0.29) is 0 Å². The maximum Gasteiger partial charge on any atom is 0.0206 e. The summed E-state index contributed by atoms with van der Waals surface area (Å²) in [6.45, 7) is 2.16. The van der Waals surface area contributed by atoms with Crippen molar-refractivity contribution in [2.75, 3.05) is 18.1 Å². The van der Waals surface area contributed by atoms with Crippen LogP contribution in [0.25, 0.3) is 0 Å². The summed E-state index contributed by atoms with van der Waals surface area (Å²) in [5, 5.41) is 3.57. The summed E-state index contributed by atoms with van der Waals surface area (Å²) in [5.74, 6) is 3.60. The highest BCUT2D eigenvalue weighted by atomic mass is 79.9. The number of rotatable bonds is 4. The predicted molar refractivity (Wildman–Crippen MR) is 75.9 cm³/mol. The van der Waals surface area contributed by atoms with Crippen molar-refractivity contribution in [1.29, 1.82) is 0 Å². The van der Waals surface area contributed by atoms with Gasteiger partial charge in [-0.2, -0.15) is 11.8 Å². The standard InChI is InChI=1S/C13H18BrNS/c14-13-3-1-2-12(8-13)10-15-9-11-4-6-16-7-5-11/h1-3,8,11,15H,4-7,9-10H2. The third kappa shape index (κ3) is 4.11. The lowest BCUT2D eigenvalue weighted by atomic mass is 10.0. The summed E-state index contributed by atoms with van der Waals surface area (Å²) in [6, 6.07) is 8.53. The van der Waals surface area contributed by atoms with Crippen molar-refractivity contribution in [1.82, 2.24) is 5.32 Å². The van der Waals surface area contributed by atoms with Crippen LogP contribution in [0.1, 0.15) is 18.4 Å². The fourth-order valence-corrected chi connectivity index (χ4v) is 3.67. The highest BCUT2D eigenvalue weighted by Gasteiger charge is 2.12. The highest BCUT2D eigenvalue weighted by molar-refractivity contribution is 9.10. The molecular weight excluding hydrogens is 282 g/mol. The van der Waals surface area contributed by atoms with E-state index in [2.05, 4.69) is 57.3 Å². The van der Waals surface area contributed by atoms with Gasteiger partial charge in [0.1, 0.15) is 0 Å². The summed E-state index contributed by atoms with van der Waals surface area (Å²) in [5.41, 5.74) is 1.36. The van der Waals surface area contributed by atoms with Crippen LogP contribution in [0.5, 0.6) is 0 Å². The van der Waals surface area contributed by atoms with E-state index in [0.29, 0.717) is 0 Å². The zero-order valence-electron chi connectivity index (χ0n) is 9.42. The molecule has 1 heterocycles. The minimum absolute atomic E-state index is 0.897. The molecule has 0 amide bonds. The Morgan fingerprint density at radius 1 is 1.31 bits per heavy atom. The Morgan fingerprint density at radius 2 is 2.12 bits per heavy atom. The van der Waals surface area contributed by atoms with Crippen LogP contribution < -0.4 is 5.32 Å². The minimum atomic E-state index is 0.897. The maximum atomic E-state index is 3.57. The quantitative estimate of drug-likeness (QED) is 0.910. The lowest BCUT2D eigenvalue weighted by molar-refractivity contribution is 0.447. The molecule has 16 heavy (non-hydrogen) atoms. The van der Waals surface area contributed by atoms with Gasteiger partial charge in [-0.05, 0) is 54.5 Å². The monoisotopic (exact) mass is 299 g/mol. The van der Waals surface area contributed by atoms with E-state index in [0.717, 1.165) is 12.5 Å². The molecule has 0 radical (unpaired) electrons. The topological polar surface area (TPSA) is 12.0 Å². The van der Waals surface area contributed by atoms with E-state index in [1.807, 2.05) is 0 Å². The summed E-state index contributed by atoms with van der Waals surface area (Å²) in [4.78, 5) is 0. The van der Waals surface area contributed by atoms with Gasteiger partial charge in [0, 0.05) is 11.0 Å². The normalized spacial score (nSPS) is 17.6. The molecule has 0 spiro atoms. The van der Waals surface area contributed by atoms with Crippen molar-refractivity contribution < 1.29 is 0 Å². The largest absolute Gasteiger partial charge is 0.312 e. The van der Waals surface area contributed by atoms with Crippen molar-refractivity contribution >= 4 is 27.7 Å². The molecule has 0 atom stereocenters. The molecule has 88 valence electrons. The highest BCUT2D eigenvalue weighted by Crippen LogP contribution is 2.22. The van der Waals surface area contributed by atoms with Gasteiger partial charge < -0.3 is 5.32 Å². The number of thioether (sulfide) groups is 1. The summed E-state index contributed by atoms with van der Waals surface area (Å²) >= 11 is 5.60. The molecule has 0 aromatic heterocycles. The van der Waals surface area contributed by atoms with Crippen LogP contribution in [0, 0.1) is 5.92 Å². The summed E-state index contributed by atoms with van der Waals surface area (Å²) in [7, 11) is 0. The van der Waals surface area contributed by atoms with Gasteiger partial charge in [-0.25, -0.2) is 0 Å². The smallest absolute Gasteiger partial charge is 0.0206 e. The number of hydrogen-bond acceptors (Lipinski definition) is 2. The molecule has 1 aromatic rings. The SMILES string of the molecule is Brc1cccc(CNCC2CCSCC2)c1. The molecule has 0 aliphatic carbocycles. The van der Waals surface area contributed by atoms with Crippen molar-refractivity contribution in [2.24, 2.45) is 5.92 Å². The molecule has 0 unspecified atom stereocenters. The molecule has 1 aliphatic rings. The molecule has 0 bridgehead atoms. The van der Waals surface area contributed by atoms with Crippen LogP contribution in [0.2, 0.25) is 0 Å². The van der Waals surface area contributed by atoms with Crippen LogP contribution in [-0.2, 0) is 6.54 Å². The van der Waals surface area contributed by atoms with Crippen molar-refractivity contribution in [2.45, 2.75) is 19.4 Å². The molecule has 1 N–H and O–H groups in total. The third-order valence-electron chi connectivity index (χ3n) is 2.99. The molecule has 0 saturated carbocycles. The van der Waals surface area contributed by atoms with Crippen LogP contribution in [0.4, 0.5) is 0 Å². The lowest BCUT2D eigenvalue weighted by Gasteiger charge is -2.21. The zero-order valence-corrected chi connectivity index (χ0v) is 11.8. The van der Waals surface area contributed by atoms with Gasteiger partial charge in [0.2, 0.25) is 0 Å².